The van der Waals surface area contributed by atoms with Gasteiger partial charge >= 0.3 is 5.97 Å². The van der Waals surface area contributed by atoms with Crippen LogP contribution in [0.5, 0.6) is 0 Å². The smallest absolute Gasteiger partial charge is 0.303 e. The molecule has 1 amide bonds. The van der Waals surface area contributed by atoms with Crippen molar-refractivity contribution in [3.05, 3.63) is 0 Å². The standard InChI is InChI=1S/C12H22N2O3/c1-9(2)3-4-13-11(15)8-14-6-10(7-14)5-12(16)17/h9-10H,3-8H2,1-2H3,(H,13,15)(H,16,17). The lowest BCUT2D eigenvalue weighted by molar-refractivity contribution is -0.139. The lowest BCUT2D eigenvalue weighted by Gasteiger charge is -2.37. The highest BCUT2D eigenvalue weighted by Gasteiger charge is 2.29. The highest BCUT2D eigenvalue weighted by molar-refractivity contribution is 5.78. The van der Waals surface area contributed by atoms with Crippen molar-refractivity contribution >= 4 is 11.9 Å². The van der Waals surface area contributed by atoms with E-state index >= 15 is 0 Å². The summed E-state index contributed by atoms with van der Waals surface area (Å²) in [5.41, 5.74) is 0. The zero-order valence-electron chi connectivity index (χ0n) is 10.6. The molecule has 98 valence electrons. The Labute approximate surface area is 102 Å². The van der Waals surface area contributed by atoms with E-state index in [-0.39, 0.29) is 18.2 Å². The van der Waals surface area contributed by atoms with Crippen molar-refractivity contribution in [3.63, 3.8) is 0 Å². The third-order valence-electron chi connectivity index (χ3n) is 2.91. The average molecular weight is 242 g/mol. The molecule has 0 aromatic heterocycles. The summed E-state index contributed by atoms with van der Waals surface area (Å²) in [4.78, 5) is 23.9. The molecule has 17 heavy (non-hydrogen) atoms. The second-order valence-corrected chi connectivity index (χ2v) is 5.19. The van der Waals surface area contributed by atoms with Crippen LogP contribution < -0.4 is 5.32 Å². The molecule has 1 heterocycles. The minimum absolute atomic E-state index is 0.0411. The summed E-state index contributed by atoms with van der Waals surface area (Å²) in [6.07, 6.45) is 1.21. The number of nitrogens with one attached hydrogen (secondary N) is 1. The molecule has 1 rings (SSSR count). The Bertz CT molecular complexity index is 273. The van der Waals surface area contributed by atoms with Crippen molar-refractivity contribution in [2.75, 3.05) is 26.2 Å². The Balaban J connectivity index is 2.04. The number of aliphatic carboxylic acids is 1. The molecular formula is C12H22N2O3. The monoisotopic (exact) mass is 242 g/mol. The molecule has 0 saturated carbocycles. The minimum Gasteiger partial charge on any atom is -0.481 e. The molecule has 1 fully saturated rings. The number of carbonyl (C=O) groups excluding carboxylic acids is 1. The topological polar surface area (TPSA) is 69.6 Å². The Morgan fingerprint density at radius 1 is 1.41 bits per heavy atom. The van der Waals surface area contributed by atoms with Gasteiger partial charge in [0.25, 0.3) is 0 Å². The normalized spacial score (nSPS) is 16.9. The second-order valence-electron chi connectivity index (χ2n) is 5.19. The fraction of sp³-hybridized carbons (Fsp3) is 0.833. The van der Waals surface area contributed by atoms with E-state index in [0.717, 1.165) is 26.1 Å². The molecule has 0 aromatic rings. The average Bonchev–Trinajstić information content (AvgIpc) is 2.13. The van der Waals surface area contributed by atoms with Gasteiger partial charge in [-0.2, -0.15) is 0 Å². The van der Waals surface area contributed by atoms with Gasteiger partial charge in [0, 0.05) is 19.6 Å². The third-order valence-corrected chi connectivity index (χ3v) is 2.91. The number of likely N-dealkylation sites (tertiary alicyclic amines) is 1. The van der Waals surface area contributed by atoms with Gasteiger partial charge in [0.15, 0.2) is 0 Å². The van der Waals surface area contributed by atoms with E-state index in [4.69, 9.17) is 5.11 Å². The van der Waals surface area contributed by atoms with Crippen LogP contribution in [0.2, 0.25) is 0 Å². The molecule has 0 bridgehead atoms. The maximum Gasteiger partial charge on any atom is 0.303 e. The number of carboxylic acids is 1. The van der Waals surface area contributed by atoms with Crippen molar-refractivity contribution < 1.29 is 14.7 Å². The van der Waals surface area contributed by atoms with Crippen molar-refractivity contribution in [1.82, 2.24) is 10.2 Å². The number of carbonyl (C=O) groups is 2. The number of nitrogens with zero attached hydrogens (tertiary/aromatic N) is 1. The summed E-state index contributed by atoms with van der Waals surface area (Å²) in [6, 6.07) is 0. The number of hydrogen-bond donors (Lipinski definition) is 2. The highest BCUT2D eigenvalue weighted by Crippen LogP contribution is 2.18. The zero-order chi connectivity index (χ0) is 12.8. The number of rotatable bonds is 7. The van der Waals surface area contributed by atoms with Crippen LogP contribution in [-0.4, -0.2) is 48.1 Å². The fourth-order valence-electron chi connectivity index (χ4n) is 1.94. The van der Waals surface area contributed by atoms with Crippen LogP contribution in [-0.2, 0) is 9.59 Å². The quantitative estimate of drug-likeness (QED) is 0.684. The van der Waals surface area contributed by atoms with Gasteiger partial charge in [-0.25, -0.2) is 0 Å². The first kappa shape index (κ1) is 14.0. The maximum absolute atomic E-state index is 11.5. The van der Waals surface area contributed by atoms with Crippen LogP contribution in [0, 0.1) is 11.8 Å². The molecule has 0 atom stereocenters. The first-order chi connectivity index (χ1) is 7.97. The molecule has 0 spiro atoms. The summed E-state index contributed by atoms with van der Waals surface area (Å²) < 4.78 is 0. The maximum atomic E-state index is 11.5. The Morgan fingerprint density at radius 2 is 2.06 bits per heavy atom. The Hall–Kier alpha value is -1.10. The van der Waals surface area contributed by atoms with E-state index in [1.54, 1.807) is 0 Å². The minimum atomic E-state index is -0.754. The number of hydrogen-bond acceptors (Lipinski definition) is 3. The van der Waals surface area contributed by atoms with Gasteiger partial charge in [-0.05, 0) is 18.3 Å². The van der Waals surface area contributed by atoms with Gasteiger partial charge in [0.2, 0.25) is 5.91 Å². The van der Waals surface area contributed by atoms with Gasteiger partial charge in [-0.3, -0.25) is 14.5 Å². The molecule has 5 heteroatoms. The van der Waals surface area contributed by atoms with E-state index in [2.05, 4.69) is 19.2 Å². The molecule has 5 nitrogen and oxygen atoms in total. The highest BCUT2D eigenvalue weighted by atomic mass is 16.4. The lowest BCUT2D eigenvalue weighted by atomic mass is 9.96. The molecule has 0 unspecified atom stereocenters. The predicted molar refractivity (Wildman–Crippen MR) is 64.6 cm³/mol. The zero-order valence-corrected chi connectivity index (χ0v) is 10.6. The van der Waals surface area contributed by atoms with Crippen LogP contribution in [0.1, 0.15) is 26.7 Å². The van der Waals surface area contributed by atoms with Crippen LogP contribution in [0.4, 0.5) is 0 Å². The molecule has 1 saturated heterocycles. The summed E-state index contributed by atoms with van der Waals surface area (Å²) in [5.74, 6) is 0.102. The molecule has 2 N–H and O–H groups in total. The summed E-state index contributed by atoms with van der Waals surface area (Å²) >= 11 is 0. The van der Waals surface area contributed by atoms with Gasteiger partial charge in [-0.1, -0.05) is 13.8 Å². The molecule has 0 aromatic carbocycles. The van der Waals surface area contributed by atoms with E-state index < -0.39 is 5.97 Å². The fourth-order valence-corrected chi connectivity index (χ4v) is 1.94. The van der Waals surface area contributed by atoms with Gasteiger partial charge in [0.1, 0.15) is 0 Å². The van der Waals surface area contributed by atoms with Crippen LogP contribution in [0.15, 0.2) is 0 Å². The van der Waals surface area contributed by atoms with Gasteiger partial charge < -0.3 is 10.4 Å². The van der Waals surface area contributed by atoms with Gasteiger partial charge in [-0.15, -0.1) is 0 Å². The lowest BCUT2D eigenvalue weighted by Crippen LogP contribution is -2.51. The van der Waals surface area contributed by atoms with E-state index in [1.165, 1.54) is 0 Å². The molecule has 1 aliphatic rings. The first-order valence-electron chi connectivity index (χ1n) is 6.18. The van der Waals surface area contributed by atoms with E-state index in [9.17, 15) is 9.59 Å². The molecular weight excluding hydrogens is 220 g/mol. The summed E-state index contributed by atoms with van der Waals surface area (Å²) in [7, 11) is 0. The largest absolute Gasteiger partial charge is 0.481 e. The van der Waals surface area contributed by atoms with Crippen molar-refractivity contribution in [2.45, 2.75) is 26.7 Å². The van der Waals surface area contributed by atoms with Gasteiger partial charge in [0.05, 0.1) is 13.0 Å². The number of amides is 1. The van der Waals surface area contributed by atoms with E-state index in [0.29, 0.717) is 12.5 Å². The molecule has 0 aliphatic carbocycles. The van der Waals surface area contributed by atoms with E-state index in [1.807, 2.05) is 4.90 Å². The van der Waals surface area contributed by atoms with Crippen LogP contribution >= 0.6 is 0 Å². The first-order valence-corrected chi connectivity index (χ1v) is 6.18. The SMILES string of the molecule is CC(C)CCNC(=O)CN1CC(CC(=O)O)C1. The van der Waals surface area contributed by atoms with Crippen molar-refractivity contribution in [1.29, 1.82) is 0 Å². The third kappa shape index (κ3) is 5.68. The predicted octanol–water partition coefficient (Wildman–Crippen LogP) is 0.555. The second kappa shape index (κ2) is 6.59. The molecule has 1 aliphatic heterocycles. The summed E-state index contributed by atoms with van der Waals surface area (Å²) in [6.45, 7) is 6.82. The number of carboxylic acid groups (broad SMARTS) is 1. The van der Waals surface area contributed by atoms with Crippen LogP contribution in [0.25, 0.3) is 0 Å². The Morgan fingerprint density at radius 3 is 2.59 bits per heavy atom. The van der Waals surface area contributed by atoms with Crippen molar-refractivity contribution in [3.8, 4) is 0 Å². The Kier molecular flexibility index (Phi) is 5.41. The summed E-state index contributed by atoms with van der Waals surface area (Å²) in [5, 5.41) is 11.5. The van der Waals surface area contributed by atoms with Crippen molar-refractivity contribution in [2.24, 2.45) is 11.8 Å². The molecule has 0 radical (unpaired) electrons. The van der Waals surface area contributed by atoms with Crippen LogP contribution in [0.3, 0.4) is 0 Å².